The fourth-order valence-electron chi connectivity index (χ4n) is 2.57. The number of H-pyrrole nitrogens is 1. The van der Waals surface area contributed by atoms with Crippen LogP contribution in [0.15, 0.2) is 16.8 Å². The molecule has 0 spiro atoms. The molecule has 3 heterocycles. The van der Waals surface area contributed by atoms with Crippen LogP contribution in [0, 0.1) is 11.3 Å². The van der Waals surface area contributed by atoms with Crippen LogP contribution in [0.25, 0.3) is 11.5 Å². The SMILES string of the molecule is CN1CCN(C)C(Cc2noc(-c3c[nH]c(C#N)c3)n2)C1. The minimum absolute atomic E-state index is 0.398. The molecule has 2 aromatic heterocycles. The first kappa shape index (κ1) is 13.8. The van der Waals surface area contributed by atoms with E-state index >= 15 is 0 Å². The number of nitrogens with zero attached hydrogens (tertiary/aromatic N) is 5. The van der Waals surface area contributed by atoms with Gasteiger partial charge in [0.2, 0.25) is 0 Å². The van der Waals surface area contributed by atoms with Gasteiger partial charge >= 0.3 is 0 Å². The molecule has 0 saturated carbocycles. The molecule has 1 aliphatic heterocycles. The molecule has 7 heteroatoms. The van der Waals surface area contributed by atoms with Crippen molar-refractivity contribution in [2.24, 2.45) is 0 Å². The fraction of sp³-hybridized carbons (Fsp3) is 0.500. The van der Waals surface area contributed by atoms with Crippen molar-refractivity contribution in [2.45, 2.75) is 12.5 Å². The van der Waals surface area contributed by atoms with Crippen molar-refractivity contribution in [1.29, 1.82) is 5.26 Å². The van der Waals surface area contributed by atoms with E-state index in [4.69, 9.17) is 9.78 Å². The van der Waals surface area contributed by atoms with E-state index < -0.39 is 0 Å². The van der Waals surface area contributed by atoms with Crippen LogP contribution in [0.4, 0.5) is 0 Å². The molecule has 110 valence electrons. The van der Waals surface area contributed by atoms with Crippen molar-refractivity contribution in [3.05, 3.63) is 23.8 Å². The molecule has 1 unspecified atom stereocenters. The molecular formula is C14H18N6O. The van der Waals surface area contributed by atoms with E-state index in [0.717, 1.165) is 31.6 Å². The van der Waals surface area contributed by atoms with Crippen LogP contribution in [0.5, 0.6) is 0 Å². The molecule has 3 rings (SSSR count). The summed E-state index contributed by atoms with van der Waals surface area (Å²) in [7, 11) is 4.26. The summed E-state index contributed by atoms with van der Waals surface area (Å²) in [4.78, 5) is 11.9. The van der Waals surface area contributed by atoms with Gasteiger partial charge in [0.1, 0.15) is 11.8 Å². The second-order valence-electron chi connectivity index (χ2n) is 5.53. The topological polar surface area (TPSA) is 85.0 Å². The molecule has 21 heavy (non-hydrogen) atoms. The first-order valence-corrected chi connectivity index (χ1v) is 6.96. The van der Waals surface area contributed by atoms with Gasteiger partial charge in [-0.15, -0.1) is 0 Å². The Morgan fingerprint density at radius 2 is 2.33 bits per heavy atom. The van der Waals surface area contributed by atoms with E-state index in [1.54, 1.807) is 12.3 Å². The Bertz CT molecular complexity index is 654. The third-order valence-corrected chi connectivity index (χ3v) is 3.92. The van der Waals surface area contributed by atoms with Gasteiger partial charge in [-0.05, 0) is 20.2 Å². The van der Waals surface area contributed by atoms with Gasteiger partial charge in [-0.25, -0.2) is 0 Å². The summed E-state index contributed by atoms with van der Waals surface area (Å²) in [6, 6.07) is 4.15. The van der Waals surface area contributed by atoms with Crippen molar-refractivity contribution >= 4 is 0 Å². The van der Waals surface area contributed by atoms with Crippen molar-refractivity contribution in [3.8, 4) is 17.5 Å². The van der Waals surface area contributed by atoms with Gasteiger partial charge in [0.25, 0.3) is 5.89 Å². The van der Waals surface area contributed by atoms with E-state index in [9.17, 15) is 0 Å². The lowest BCUT2D eigenvalue weighted by atomic mass is 10.1. The van der Waals surface area contributed by atoms with Gasteiger partial charge in [0, 0.05) is 38.3 Å². The molecule has 0 aliphatic carbocycles. The molecule has 1 aliphatic rings. The molecule has 1 saturated heterocycles. The maximum Gasteiger partial charge on any atom is 0.259 e. The monoisotopic (exact) mass is 286 g/mol. The van der Waals surface area contributed by atoms with Gasteiger partial charge in [-0.2, -0.15) is 10.2 Å². The number of piperazine rings is 1. The van der Waals surface area contributed by atoms with Gasteiger partial charge in [-0.3, -0.25) is 0 Å². The molecule has 2 aromatic rings. The summed E-state index contributed by atoms with van der Waals surface area (Å²) in [6.45, 7) is 3.14. The average molecular weight is 286 g/mol. The van der Waals surface area contributed by atoms with Gasteiger partial charge < -0.3 is 19.3 Å². The minimum Gasteiger partial charge on any atom is -0.352 e. The Morgan fingerprint density at radius 3 is 3.10 bits per heavy atom. The summed E-state index contributed by atoms with van der Waals surface area (Å²) in [5.74, 6) is 1.16. The second kappa shape index (κ2) is 5.68. The standard InChI is InChI=1S/C14H18N6O/c1-19-3-4-20(2)12(9-19)6-13-17-14(21-18-13)10-5-11(7-15)16-8-10/h5,8,12,16H,3-4,6,9H2,1-2H3. The number of hydrogen-bond donors (Lipinski definition) is 1. The van der Waals surface area contributed by atoms with Gasteiger partial charge in [0.15, 0.2) is 5.82 Å². The number of hydrogen-bond acceptors (Lipinski definition) is 6. The van der Waals surface area contributed by atoms with Crippen LogP contribution < -0.4 is 0 Å². The maximum absolute atomic E-state index is 8.82. The Kier molecular flexibility index (Phi) is 3.73. The lowest BCUT2D eigenvalue weighted by Crippen LogP contribution is -2.50. The predicted molar refractivity (Wildman–Crippen MR) is 76.4 cm³/mol. The zero-order valence-electron chi connectivity index (χ0n) is 12.2. The van der Waals surface area contributed by atoms with Crippen molar-refractivity contribution in [1.82, 2.24) is 24.9 Å². The Balaban J connectivity index is 1.71. The van der Waals surface area contributed by atoms with Crippen LogP contribution in [-0.4, -0.2) is 64.7 Å². The highest BCUT2D eigenvalue weighted by atomic mass is 16.5. The van der Waals surface area contributed by atoms with Crippen LogP contribution >= 0.6 is 0 Å². The first-order valence-electron chi connectivity index (χ1n) is 6.96. The maximum atomic E-state index is 8.82. The smallest absolute Gasteiger partial charge is 0.259 e. The van der Waals surface area contributed by atoms with Gasteiger partial charge in [0.05, 0.1) is 5.56 Å². The van der Waals surface area contributed by atoms with E-state index in [1.165, 1.54) is 0 Å². The molecular weight excluding hydrogens is 268 g/mol. The molecule has 1 N–H and O–H groups in total. The zero-order chi connectivity index (χ0) is 14.8. The van der Waals surface area contributed by atoms with Crippen LogP contribution in [0.2, 0.25) is 0 Å². The lowest BCUT2D eigenvalue weighted by Gasteiger charge is -2.37. The summed E-state index contributed by atoms with van der Waals surface area (Å²) < 4.78 is 5.29. The summed E-state index contributed by atoms with van der Waals surface area (Å²) in [6.07, 6.45) is 2.47. The average Bonchev–Trinajstić information content (AvgIpc) is 3.11. The highest BCUT2D eigenvalue weighted by Crippen LogP contribution is 2.19. The fourth-order valence-corrected chi connectivity index (χ4v) is 2.57. The predicted octanol–water partition coefficient (Wildman–Crippen LogP) is 0.725. The first-order chi connectivity index (χ1) is 10.2. The van der Waals surface area contributed by atoms with E-state index in [0.29, 0.717) is 23.5 Å². The molecule has 1 fully saturated rings. The van der Waals surface area contributed by atoms with Crippen molar-refractivity contribution in [3.63, 3.8) is 0 Å². The summed E-state index contributed by atoms with van der Waals surface area (Å²) in [5, 5.41) is 12.9. The second-order valence-corrected chi connectivity index (χ2v) is 5.53. The largest absolute Gasteiger partial charge is 0.352 e. The lowest BCUT2D eigenvalue weighted by molar-refractivity contribution is 0.113. The molecule has 0 bridgehead atoms. The third kappa shape index (κ3) is 2.96. The number of aromatic amines is 1. The number of nitriles is 1. The normalized spacial score (nSPS) is 20.5. The summed E-state index contributed by atoms with van der Waals surface area (Å²) >= 11 is 0. The molecule has 0 radical (unpaired) electrons. The highest BCUT2D eigenvalue weighted by molar-refractivity contribution is 5.54. The molecule has 0 amide bonds. The van der Waals surface area contributed by atoms with Crippen molar-refractivity contribution in [2.75, 3.05) is 33.7 Å². The van der Waals surface area contributed by atoms with Crippen LogP contribution in [-0.2, 0) is 6.42 Å². The van der Waals surface area contributed by atoms with Crippen LogP contribution in [0.1, 0.15) is 11.5 Å². The third-order valence-electron chi connectivity index (χ3n) is 3.92. The highest BCUT2D eigenvalue weighted by Gasteiger charge is 2.24. The summed E-state index contributed by atoms with van der Waals surface area (Å²) in [5.41, 5.74) is 1.23. The number of nitrogens with one attached hydrogen (secondary N) is 1. The number of rotatable bonds is 3. The van der Waals surface area contributed by atoms with E-state index in [-0.39, 0.29) is 0 Å². The Hall–Kier alpha value is -2.17. The Morgan fingerprint density at radius 1 is 1.48 bits per heavy atom. The Labute approximate surface area is 123 Å². The van der Waals surface area contributed by atoms with E-state index in [1.807, 2.05) is 6.07 Å². The molecule has 7 nitrogen and oxygen atoms in total. The van der Waals surface area contributed by atoms with E-state index in [2.05, 4.69) is 39.0 Å². The number of aromatic nitrogens is 3. The van der Waals surface area contributed by atoms with Gasteiger partial charge in [-0.1, -0.05) is 5.16 Å². The quantitative estimate of drug-likeness (QED) is 0.895. The molecule has 0 aromatic carbocycles. The van der Waals surface area contributed by atoms with Crippen molar-refractivity contribution < 1.29 is 4.52 Å². The number of likely N-dealkylation sites (N-methyl/N-ethyl adjacent to an activating group) is 2. The minimum atomic E-state index is 0.398. The molecule has 1 atom stereocenters. The zero-order valence-corrected chi connectivity index (χ0v) is 12.2. The van der Waals surface area contributed by atoms with Crippen LogP contribution in [0.3, 0.4) is 0 Å².